The van der Waals surface area contributed by atoms with Gasteiger partial charge in [-0.3, -0.25) is 0 Å². The molecule has 0 aliphatic heterocycles. The summed E-state index contributed by atoms with van der Waals surface area (Å²) in [5.41, 5.74) is 2.98. The highest BCUT2D eigenvalue weighted by Crippen LogP contribution is 2.24. The number of nitriles is 1. The van der Waals surface area contributed by atoms with Crippen molar-refractivity contribution in [1.29, 1.82) is 5.26 Å². The summed E-state index contributed by atoms with van der Waals surface area (Å²) in [4.78, 5) is 12.3. The van der Waals surface area contributed by atoms with Gasteiger partial charge in [0.1, 0.15) is 6.04 Å². The number of hydrogen-bond donors (Lipinski definition) is 1. The molecule has 0 spiro atoms. The van der Waals surface area contributed by atoms with E-state index in [1.54, 1.807) is 18.2 Å². The molecule has 2 rings (SSSR count). The number of hydrogen-bond acceptors (Lipinski definition) is 5. The highest BCUT2D eigenvalue weighted by molar-refractivity contribution is 7.88. The summed E-state index contributed by atoms with van der Waals surface area (Å²) in [6, 6.07) is 12.6. The standard InChI is InChI=1S/C19H20N2O4S/c1-13-6-4-7-14(2)17(13)18(19(22)25-3)21-26(23,24)12-16-9-5-8-15(10-16)11-20/h4-10,18,21H,12H2,1-3H3. The molecule has 0 aliphatic rings. The Labute approximate surface area is 153 Å². The Morgan fingerprint density at radius 1 is 1.19 bits per heavy atom. The fraction of sp³-hybridized carbons (Fsp3) is 0.263. The molecule has 136 valence electrons. The maximum absolute atomic E-state index is 12.6. The lowest BCUT2D eigenvalue weighted by atomic mass is 9.97. The lowest BCUT2D eigenvalue weighted by Gasteiger charge is -2.21. The molecule has 7 heteroatoms. The second-order valence-corrected chi connectivity index (χ2v) is 7.70. The Hall–Kier alpha value is -2.69. The molecule has 0 heterocycles. The zero-order chi connectivity index (χ0) is 19.3. The van der Waals surface area contributed by atoms with Crippen LogP contribution in [0.2, 0.25) is 0 Å². The third kappa shape index (κ3) is 4.69. The van der Waals surface area contributed by atoms with E-state index in [0.717, 1.165) is 11.1 Å². The van der Waals surface area contributed by atoms with Crippen LogP contribution in [-0.2, 0) is 25.3 Å². The molecule has 0 aromatic heterocycles. The molecule has 0 saturated heterocycles. The van der Waals surface area contributed by atoms with Crippen LogP contribution >= 0.6 is 0 Å². The molecule has 2 aromatic rings. The molecule has 0 amide bonds. The van der Waals surface area contributed by atoms with Crippen LogP contribution in [0.3, 0.4) is 0 Å². The summed E-state index contributed by atoms with van der Waals surface area (Å²) in [7, 11) is -2.64. The Kier molecular flexibility index (Phi) is 6.14. The Morgan fingerprint density at radius 3 is 2.38 bits per heavy atom. The van der Waals surface area contributed by atoms with Crippen molar-refractivity contribution in [2.45, 2.75) is 25.6 Å². The van der Waals surface area contributed by atoms with E-state index < -0.39 is 22.0 Å². The van der Waals surface area contributed by atoms with Gasteiger partial charge in [0.15, 0.2) is 0 Å². The maximum atomic E-state index is 12.6. The molecule has 2 aromatic carbocycles. The summed E-state index contributed by atoms with van der Waals surface area (Å²) in [5, 5.41) is 8.94. The number of carbonyl (C=O) groups is 1. The van der Waals surface area contributed by atoms with E-state index in [2.05, 4.69) is 4.72 Å². The van der Waals surface area contributed by atoms with Crippen LogP contribution in [0.15, 0.2) is 42.5 Å². The number of ether oxygens (including phenoxy) is 1. The molecule has 0 fully saturated rings. The van der Waals surface area contributed by atoms with Gasteiger partial charge >= 0.3 is 5.97 Å². The van der Waals surface area contributed by atoms with Gasteiger partial charge in [0.2, 0.25) is 10.0 Å². The topological polar surface area (TPSA) is 96.3 Å². The third-order valence-electron chi connectivity index (χ3n) is 3.98. The molecule has 1 N–H and O–H groups in total. The normalized spacial score (nSPS) is 12.2. The van der Waals surface area contributed by atoms with E-state index in [0.29, 0.717) is 16.7 Å². The van der Waals surface area contributed by atoms with Gasteiger partial charge in [-0.25, -0.2) is 13.2 Å². The number of sulfonamides is 1. The SMILES string of the molecule is COC(=O)C(NS(=O)(=O)Cc1cccc(C#N)c1)c1c(C)cccc1C. The van der Waals surface area contributed by atoms with Crippen molar-refractivity contribution < 1.29 is 17.9 Å². The number of nitrogens with one attached hydrogen (secondary N) is 1. The molecular weight excluding hydrogens is 352 g/mol. The van der Waals surface area contributed by atoms with Gasteiger partial charge < -0.3 is 4.74 Å². The number of esters is 1. The Morgan fingerprint density at radius 2 is 1.81 bits per heavy atom. The quantitative estimate of drug-likeness (QED) is 0.786. The first kappa shape index (κ1) is 19.6. The van der Waals surface area contributed by atoms with Crippen molar-refractivity contribution in [3.63, 3.8) is 0 Å². The minimum absolute atomic E-state index is 0.346. The average molecular weight is 372 g/mol. The minimum atomic E-state index is -3.86. The summed E-state index contributed by atoms with van der Waals surface area (Å²) >= 11 is 0. The predicted octanol–water partition coefficient (Wildman–Crippen LogP) is 2.51. The fourth-order valence-electron chi connectivity index (χ4n) is 2.80. The Bertz CT molecular complexity index is 941. The van der Waals surface area contributed by atoms with Gasteiger partial charge in [-0.05, 0) is 48.2 Å². The van der Waals surface area contributed by atoms with Crippen molar-refractivity contribution in [3.05, 3.63) is 70.3 Å². The summed E-state index contributed by atoms with van der Waals surface area (Å²) in [5.74, 6) is -1.03. The third-order valence-corrected chi connectivity index (χ3v) is 5.29. The molecule has 0 bridgehead atoms. The van der Waals surface area contributed by atoms with Gasteiger partial charge in [-0.1, -0.05) is 30.3 Å². The van der Waals surface area contributed by atoms with Crippen LogP contribution in [0.4, 0.5) is 0 Å². The number of rotatable bonds is 6. The first-order valence-corrected chi connectivity index (χ1v) is 9.55. The molecule has 0 radical (unpaired) electrons. The van der Waals surface area contributed by atoms with Crippen molar-refractivity contribution >= 4 is 16.0 Å². The van der Waals surface area contributed by atoms with Crippen molar-refractivity contribution in [1.82, 2.24) is 4.72 Å². The first-order valence-electron chi connectivity index (χ1n) is 7.90. The monoisotopic (exact) mass is 372 g/mol. The van der Waals surface area contributed by atoms with Crippen molar-refractivity contribution in [2.24, 2.45) is 0 Å². The van der Waals surface area contributed by atoms with Crippen LogP contribution in [0, 0.1) is 25.2 Å². The van der Waals surface area contributed by atoms with Crippen LogP contribution in [-0.4, -0.2) is 21.5 Å². The maximum Gasteiger partial charge on any atom is 0.328 e. The predicted molar refractivity (Wildman–Crippen MR) is 97.6 cm³/mol. The highest BCUT2D eigenvalue weighted by Gasteiger charge is 2.29. The van der Waals surface area contributed by atoms with Gasteiger partial charge in [0.25, 0.3) is 0 Å². The number of benzene rings is 2. The molecule has 1 atom stereocenters. The van der Waals surface area contributed by atoms with Crippen LogP contribution in [0.25, 0.3) is 0 Å². The zero-order valence-corrected chi connectivity index (χ0v) is 15.6. The van der Waals surface area contributed by atoms with E-state index in [1.165, 1.54) is 13.2 Å². The summed E-state index contributed by atoms with van der Waals surface area (Å²) in [6.07, 6.45) is 0. The number of methoxy groups -OCH3 is 1. The number of aryl methyl sites for hydroxylation is 2. The van der Waals surface area contributed by atoms with Crippen molar-refractivity contribution in [3.8, 4) is 6.07 Å². The molecule has 6 nitrogen and oxygen atoms in total. The molecule has 26 heavy (non-hydrogen) atoms. The second-order valence-electron chi connectivity index (χ2n) is 5.95. The molecule has 0 saturated carbocycles. The first-order chi connectivity index (χ1) is 12.3. The van der Waals surface area contributed by atoms with Gasteiger partial charge in [-0.15, -0.1) is 0 Å². The number of carbonyl (C=O) groups excluding carboxylic acids is 1. The van der Waals surface area contributed by atoms with Crippen LogP contribution < -0.4 is 4.72 Å². The Balaban J connectivity index is 2.36. The molecule has 1 unspecified atom stereocenters. The summed E-state index contributed by atoms with van der Waals surface area (Å²) < 4.78 is 32.5. The highest BCUT2D eigenvalue weighted by atomic mass is 32.2. The van der Waals surface area contributed by atoms with E-state index in [9.17, 15) is 13.2 Å². The van der Waals surface area contributed by atoms with E-state index in [1.807, 2.05) is 38.1 Å². The van der Waals surface area contributed by atoms with Crippen LogP contribution in [0.5, 0.6) is 0 Å². The largest absolute Gasteiger partial charge is 0.468 e. The minimum Gasteiger partial charge on any atom is -0.468 e. The lowest BCUT2D eigenvalue weighted by molar-refractivity contribution is -0.142. The van der Waals surface area contributed by atoms with Crippen LogP contribution in [0.1, 0.15) is 33.9 Å². The fourth-order valence-corrected chi connectivity index (χ4v) is 4.07. The van der Waals surface area contributed by atoms with E-state index in [-0.39, 0.29) is 5.75 Å². The zero-order valence-electron chi connectivity index (χ0n) is 14.8. The number of nitrogens with zero attached hydrogens (tertiary/aromatic N) is 1. The summed E-state index contributed by atoms with van der Waals surface area (Å²) in [6.45, 7) is 3.62. The molecule has 0 aliphatic carbocycles. The second kappa shape index (κ2) is 8.13. The van der Waals surface area contributed by atoms with E-state index in [4.69, 9.17) is 10.00 Å². The van der Waals surface area contributed by atoms with Crippen molar-refractivity contribution in [2.75, 3.05) is 7.11 Å². The van der Waals surface area contributed by atoms with Gasteiger partial charge in [0.05, 0.1) is 24.5 Å². The lowest BCUT2D eigenvalue weighted by Crippen LogP contribution is -2.36. The van der Waals surface area contributed by atoms with Gasteiger partial charge in [-0.2, -0.15) is 9.98 Å². The molecular formula is C19H20N2O4S. The average Bonchev–Trinajstić information content (AvgIpc) is 2.59. The smallest absolute Gasteiger partial charge is 0.328 e. The van der Waals surface area contributed by atoms with E-state index >= 15 is 0 Å². The van der Waals surface area contributed by atoms with Gasteiger partial charge in [0, 0.05) is 0 Å².